The lowest BCUT2D eigenvalue weighted by molar-refractivity contribution is 0.323. The van der Waals surface area contributed by atoms with Crippen molar-refractivity contribution >= 4 is 11.8 Å². The van der Waals surface area contributed by atoms with E-state index in [-0.39, 0.29) is 11.9 Å². The monoisotopic (exact) mass is 386 g/mol. The predicted octanol–water partition coefficient (Wildman–Crippen LogP) is 2.35. The molecule has 150 valence electrons. The topological polar surface area (TPSA) is 74.7 Å². The molecule has 8 heteroatoms. The van der Waals surface area contributed by atoms with Crippen LogP contribution in [-0.4, -0.2) is 48.2 Å². The highest BCUT2D eigenvalue weighted by Crippen LogP contribution is 2.21. The van der Waals surface area contributed by atoms with Crippen LogP contribution in [0.5, 0.6) is 5.88 Å². The molecule has 0 amide bonds. The molecule has 2 aromatic rings. The molecule has 7 nitrogen and oxygen atoms in total. The largest absolute Gasteiger partial charge is 0.478 e. The minimum atomic E-state index is -0.288. The van der Waals surface area contributed by atoms with Crippen molar-refractivity contribution in [2.45, 2.75) is 32.9 Å². The van der Waals surface area contributed by atoms with Crippen LogP contribution in [-0.2, 0) is 6.54 Å². The number of nitrogens with one attached hydrogen (secondary N) is 2. The van der Waals surface area contributed by atoms with Crippen LogP contribution in [0.15, 0.2) is 41.7 Å². The molecule has 0 aromatic carbocycles. The molecule has 28 heavy (non-hydrogen) atoms. The van der Waals surface area contributed by atoms with Gasteiger partial charge in [-0.15, -0.1) is 0 Å². The molecule has 0 radical (unpaired) electrons. The maximum Gasteiger partial charge on any atom is 0.218 e. The quantitative estimate of drug-likeness (QED) is 0.562. The fraction of sp³-hybridized carbons (Fsp3) is 0.450. The first-order valence-electron chi connectivity index (χ1n) is 9.68. The van der Waals surface area contributed by atoms with Crippen LogP contribution in [0.3, 0.4) is 0 Å². The molecule has 1 fully saturated rings. The zero-order chi connectivity index (χ0) is 19.8. The van der Waals surface area contributed by atoms with Gasteiger partial charge in [0.05, 0.1) is 13.2 Å². The summed E-state index contributed by atoms with van der Waals surface area (Å²) in [5.41, 5.74) is 0.935. The Morgan fingerprint density at radius 2 is 2.11 bits per heavy atom. The van der Waals surface area contributed by atoms with E-state index in [4.69, 9.17) is 4.74 Å². The van der Waals surface area contributed by atoms with Crippen LogP contribution in [0.1, 0.15) is 25.8 Å². The van der Waals surface area contributed by atoms with Crippen LogP contribution in [0.2, 0.25) is 0 Å². The number of aromatic nitrogens is 2. The van der Waals surface area contributed by atoms with Gasteiger partial charge in [-0.25, -0.2) is 19.4 Å². The Hall–Kier alpha value is -2.90. The van der Waals surface area contributed by atoms with Crippen molar-refractivity contribution in [3.63, 3.8) is 0 Å². The third-order valence-electron chi connectivity index (χ3n) is 4.45. The molecule has 0 saturated carbocycles. The molecular weight excluding hydrogens is 359 g/mol. The smallest absolute Gasteiger partial charge is 0.218 e. The van der Waals surface area contributed by atoms with Gasteiger partial charge in [-0.3, -0.25) is 0 Å². The summed E-state index contributed by atoms with van der Waals surface area (Å²) < 4.78 is 19.5. The van der Waals surface area contributed by atoms with Crippen LogP contribution in [0, 0.1) is 5.82 Å². The third kappa shape index (κ3) is 5.09. The molecule has 3 rings (SSSR count). The summed E-state index contributed by atoms with van der Waals surface area (Å²) in [7, 11) is 0. The van der Waals surface area contributed by atoms with E-state index in [1.165, 1.54) is 6.07 Å². The van der Waals surface area contributed by atoms with Crippen molar-refractivity contribution < 1.29 is 9.13 Å². The first kappa shape index (κ1) is 19.9. The molecule has 3 heterocycles. The minimum Gasteiger partial charge on any atom is -0.478 e. The van der Waals surface area contributed by atoms with Gasteiger partial charge in [0.1, 0.15) is 0 Å². The number of ether oxygens (including phenoxy) is 1. The summed E-state index contributed by atoms with van der Waals surface area (Å²) in [6.45, 7) is 7.17. The first-order chi connectivity index (χ1) is 13.7. The Morgan fingerprint density at radius 1 is 1.29 bits per heavy atom. The third-order valence-corrected chi connectivity index (χ3v) is 4.45. The molecule has 0 bridgehead atoms. The Morgan fingerprint density at radius 3 is 2.89 bits per heavy atom. The minimum absolute atomic E-state index is 0.166. The lowest BCUT2D eigenvalue weighted by Crippen LogP contribution is -2.44. The number of rotatable bonds is 7. The number of nitrogens with zero attached hydrogens (tertiary/aromatic N) is 4. The average molecular weight is 386 g/mol. The number of hydrogen-bond acceptors (Lipinski definition) is 5. The summed E-state index contributed by atoms with van der Waals surface area (Å²) in [5.74, 6) is 1.46. The van der Waals surface area contributed by atoms with Gasteiger partial charge < -0.3 is 20.3 Å². The number of aliphatic imine (C=N–C) groups is 1. The fourth-order valence-corrected chi connectivity index (χ4v) is 3.17. The van der Waals surface area contributed by atoms with Gasteiger partial charge in [0, 0.05) is 43.6 Å². The molecule has 1 unspecified atom stereocenters. The van der Waals surface area contributed by atoms with Gasteiger partial charge in [0.25, 0.3) is 0 Å². The second-order valence-corrected chi connectivity index (χ2v) is 6.48. The Kier molecular flexibility index (Phi) is 7.00. The summed E-state index contributed by atoms with van der Waals surface area (Å²) in [4.78, 5) is 15.1. The maximum atomic E-state index is 14.0. The van der Waals surface area contributed by atoms with E-state index in [0.29, 0.717) is 31.4 Å². The predicted molar refractivity (Wildman–Crippen MR) is 108 cm³/mol. The standard InChI is InChI=1S/C20H27FN6O/c1-3-22-20(25-13-15-7-5-11-24-19(15)28-4-2)26-16-9-12-27(14-16)18-17(21)8-6-10-23-18/h5-8,10-11,16H,3-4,9,12-14H2,1-2H3,(H2,22,25,26). The van der Waals surface area contributed by atoms with Crippen LogP contribution in [0.4, 0.5) is 10.2 Å². The summed E-state index contributed by atoms with van der Waals surface area (Å²) in [6.07, 6.45) is 4.22. The molecule has 1 aliphatic rings. The van der Waals surface area contributed by atoms with Crippen LogP contribution >= 0.6 is 0 Å². The number of guanidine groups is 1. The summed E-state index contributed by atoms with van der Waals surface area (Å²) >= 11 is 0. The van der Waals surface area contributed by atoms with Crippen molar-refractivity contribution in [3.8, 4) is 5.88 Å². The van der Waals surface area contributed by atoms with Crippen molar-refractivity contribution in [2.24, 2.45) is 4.99 Å². The Labute approximate surface area is 165 Å². The van der Waals surface area contributed by atoms with E-state index >= 15 is 0 Å². The highest BCUT2D eigenvalue weighted by Gasteiger charge is 2.25. The summed E-state index contributed by atoms with van der Waals surface area (Å²) in [5, 5.41) is 6.71. The second kappa shape index (κ2) is 9.87. The van der Waals surface area contributed by atoms with E-state index in [1.54, 1.807) is 18.5 Å². The molecule has 0 aliphatic carbocycles. The van der Waals surface area contributed by atoms with E-state index in [2.05, 4.69) is 25.6 Å². The zero-order valence-electron chi connectivity index (χ0n) is 16.4. The highest BCUT2D eigenvalue weighted by molar-refractivity contribution is 5.80. The van der Waals surface area contributed by atoms with Gasteiger partial charge in [-0.2, -0.15) is 0 Å². The van der Waals surface area contributed by atoms with E-state index in [0.717, 1.165) is 31.0 Å². The number of pyridine rings is 2. The first-order valence-corrected chi connectivity index (χ1v) is 9.68. The zero-order valence-corrected chi connectivity index (χ0v) is 16.4. The van der Waals surface area contributed by atoms with Gasteiger partial charge in [-0.1, -0.05) is 6.07 Å². The van der Waals surface area contributed by atoms with Crippen LogP contribution < -0.4 is 20.3 Å². The molecule has 1 aliphatic heterocycles. The summed E-state index contributed by atoms with van der Waals surface area (Å²) in [6, 6.07) is 7.06. The molecule has 2 aromatic heterocycles. The van der Waals surface area contributed by atoms with Gasteiger partial charge in [0.2, 0.25) is 5.88 Å². The molecular formula is C20H27FN6O. The highest BCUT2D eigenvalue weighted by atomic mass is 19.1. The van der Waals surface area contributed by atoms with E-state index in [1.807, 2.05) is 30.9 Å². The van der Waals surface area contributed by atoms with Gasteiger partial charge in [-0.05, 0) is 38.5 Å². The Balaban J connectivity index is 1.64. The second-order valence-electron chi connectivity index (χ2n) is 6.48. The lowest BCUT2D eigenvalue weighted by Gasteiger charge is -2.20. The van der Waals surface area contributed by atoms with Crippen molar-refractivity contribution in [1.29, 1.82) is 0 Å². The molecule has 1 saturated heterocycles. The number of hydrogen-bond donors (Lipinski definition) is 2. The lowest BCUT2D eigenvalue weighted by atomic mass is 10.2. The van der Waals surface area contributed by atoms with Crippen molar-refractivity contribution in [3.05, 3.63) is 48.0 Å². The fourth-order valence-electron chi connectivity index (χ4n) is 3.17. The number of anilines is 1. The van der Waals surface area contributed by atoms with Gasteiger partial charge in [0.15, 0.2) is 17.6 Å². The molecule has 0 spiro atoms. The molecule has 1 atom stereocenters. The van der Waals surface area contributed by atoms with Gasteiger partial charge >= 0.3 is 0 Å². The van der Waals surface area contributed by atoms with Crippen molar-refractivity contribution in [1.82, 2.24) is 20.6 Å². The normalized spacial score (nSPS) is 16.9. The average Bonchev–Trinajstić information content (AvgIpc) is 3.16. The van der Waals surface area contributed by atoms with E-state index in [9.17, 15) is 4.39 Å². The maximum absolute atomic E-state index is 14.0. The van der Waals surface area contributed by atoms with Crippen molar-refractivity contribution in [2.75, 3.05) is 31.1 Å². The molecule has 2 N–H and O–H groups in total. The van der Waals surface area contributed by atoms with E-state index < -0.39 is 0 Å². The number of halogens is 1. The SMILES string of the molecule is CCNC(=NCc1cccnc1OCC)NC1CCN(c2ncccc2F)C1. The van der Waals surface area contributed by atoms with Crippen LogP contribution in [0.25, 0.3) is 0 Å². The Bertz CT molecular complexity index is 800.